The van der Waals surface area contributed by atoms with Gasteiger partial charge >= 0.3 is 0 Å². The first-order chi connectivity index (χ1) is 19.6. The van der Waals surface area contributed by atoms with Crippen molar-refractivity contribution in [1.82, 2.24) is 19.9 Å². The van der Waals surface area contributed by atoms with E-state index in [1.807, 2.05) is 11.0 Å². The second-order valence-corrected chi connectivity index (χ2v) is 10.2. The van der Waals surface area contributed by atoms with Gasteiger partial charge in [-0.2, -0.15) is 10.2 Å². The van der Waals surface area contributed by atoms with E-state index in [9.17, 15) is 10.1 Å². The number of anilines is 2. The minimum atomic E-state index is -0.0906. The van der Waals surface area contributed by atoms with E-state index in [1.54, 1.807) is 30.3 Å². The quantitative estimate of drug-likeness (QED) is 0.474. The molecular weight excluding hydrogens is 512 g/mol. The number of rotatable bonds is 7. The van der Waals surface area contributed by atoms with Crippen LogP contribution in [0.2, 0.25) is 0 Å². The Morgan fingerprint density at radius 3 is 2.60 bits per heavy atom. The highest BCUT2D eigenvalue weighted by atomic mass is 16.5. The van der Waals surface area contributed by atoms with E-state index in [2.05, 4.69) is 26.3 Å². The highest BCUT2D eigenvalue weighted by Crippen LogP contribution is 2.32. The maximum atomic E-state index is 13.2. The minimum Gasteiger partial charge on any atom is -0.489 e. The van der Waals surface area contributed by atoms with Crippen LogP contribution in [-0.2, 0) is 9.47 Å². The van der Waals surface area contributed by atoms with E-state index in [0.717, 1.165) is 18.4 Å². The summed E-state index contributed by atoms with van der Waals surface area (Å²) in [6.07, 6.45) is 3.09. The van der Waals surface area contributed by atoms with Crippen LogP contribution in [0.3, 0.4) is 0 Å². The fourth-order valence-electron chi connectivity index (χ4n) is 5.42. The third-order valence-electron chi connectivity index (χ3n) is 7.59. The van der Waals surface area contributed by atoms with Gasteiger partial charge in [-0.15, -0.1) is 0 Å². The lowest BCUT2D eigenvalue weighted by atomic mass is 10.0. The molecule has 3 aromatic rings. The summed E-state index contributed by atoms with van der Waals surface area (Å²) in [5.74, 6) is 2.49. The molecule has 3 aliphatic rings. The van der Waals surface area contributed by atoms with Crippen LogP contribution in [0.5, 0.6) is 11.6 Å². The molecule has 0 saturated carbocycles. The zero-order valence-electron chi connectivity index (χ0n) is 22.2. The molecule has 0 aliphatic carbocycles. The zero-order valence-corrected chi connectivity index (χ0v) is 22.2. The van der Waals surface area contributed by atoms with Gasteiger partial charge in [0.25, 0.3) is 5.91 Å². The summed E-state index contributed by atoms with van der Waals surface area (Å²) >= 11 is 0. The van der Waals surface area contributed by atoms with Crippen molar-refractivity contribution in [2.24, 2.45) is 11.8 Å². The van der Waals surface area contributed by atoms with Crippen molar-refractivity contribution in [2.75, 3.05) is 51.9 Å². The molecule has 2 aromatic heterocycles. The van der Waals surface area contributed by atoms with Crippen molar-refractivity contribution >= 4 is 17.5 Å². The number of carbonyl (C=O) groups excluding carboxylic acids is 1. The predicted octanol–water partition coefficient (Wildman–Crippen LogP) is 3.44. The molecule has 206 valence electrons. The standard InChI is InChI=1S/C29H30N6O5/c1-37-28-23(29(36)35-13-20-15-39-16-21(20)14-35)3-5-26(34-28)33-27-11-24(31-17-32-27)18-2-4-25(19(10-18)12-30)40-22-6-8-38-9-7-22/h2-5,10-11,17,20-22H,6-9,13-16H2,1H3,(H,31,32,33,34). The highest BCUT2D eigenvalue weighted by molar-refractivity contribution is 5.97. The SMILES string of the molecule is COc1nc(Nc2cc(-c3ccc(OC4CCOCC4)c(C#N)c3)ncn2)ccc1C(=O)N1CC2COCC2C1. The summed E-state index contributed by atoms with van der Waals surface area (Å²) in [7, 11) is 1.50. The van der Waals surface area contributed by atoms with Crippen molar-refractivity contribution in [1.29, 1.82) is 5.26 Å². The summed E-state index contributed by atoms with van der Waals surface area (Å²) in [5.41, 5.74) is 2.25. The Bertz CT molecular complexity index is 1420. The largest absolute Gasteiger partial charge is 0.489 e. The van der Waals surface area contributed by atoms with Gasteiger partial charge in [0.05, 0.1) is 44.8 Å². The topological polar surface area (TPSA) is 132 Å². The van der Waals surface area contributed by atoms with Crippen molar-refractivity contribution in [3.05, 3.63) is 53.9 Å². The van der Waals surface area contributed by atoms with Gasteiger partial charge in [-0.25, -0.2) is 9.97 Å². The molecule has 0 spiro atoms. The first-order valence-electron chi connectivity index (χ1n) is 13.4. The molecule has 11 nitrogen and oxygen atoms in total. The molecule has 6 rings (SSSR count). The Hall–Kier alpha value is -4.27. The number of nitrogens with one attached hydrogen (secondary N) is 1. The second kappa shape index (κ2) is 11.5. The average molecular weight is 543 g/mol. The third kappa shape index (κ3) is 5.41. The third-order valence-corrected chi connectivity index (χ3v) is 7.59. The molecule has 1 N–H and O–H groups in total. The van der Waals surface area contributed by atoms with E-state index in [-0.39, 0.29) is 17.9 Å². The number of hydrogen-bond donors (Lipinski definition) is 1. The predicted molar refractivity (Wildman–Crippen MR) is 144 cm³/mol. The van der Waals surface area contributed by atoms with Gasteiger partial charge in [0.2, 0.25) is 5.88 Å². The van der Waals surface area contributed by atoms with Crippen LogP contribution in [0.15, 0.2) is 42.7 Å². The van der Waals surface area contributed by atoms with Gasteiger partial charge < -0.3 is 29.2 Å². The average Bonchev–Trinajstić information content (AvgIpc) is 3.61. The van der Waals surface area contributed by atoms with E-state index >= 15 is 0 Å². The van der Waals surface area contributed by atoms with Crippen LogP contribution >= 0.6 is 0 Å². The molecule has 3 fully saturated rings. The number of hydrogen-bond acceptors (Lipinski definition) is 10. The Balaban J connectivity index is 1.17. The molecule has 1 aromatic carbocycles. The lowest BCUT2D eigenvalue weighted by Crippen LogP contribution is -2.30. The van der Waals surface area contributed by atoms with Gasteiger partial charge in [-0.05, 0) is 30.3 Å². The van der Waals surface area contributed by atoms with Gasteiger partial charge in [-0.3, -0.25) is 4.79 Å². The number of aromatic nitrogens is 3. The van der Waals surface area contributed by atoms with Gasteiger partial charge in [0.15, 0.2) is 0 Å². The number of nitriles is 1. The first-order valence-corrected chi connectivity index (χ1v) is 13.4. The molecule has 3 aliphatic heterocycles. The maximum absolute atomic E-state index is 13.2. The Morgan fingerprint density at radius 1 is 1.05 bits per heavy atom. The maximum Gasteiger partial charge on any atom is 0.259 e. The zero-order chi connectivity index (χ0) is 27.5. The molecule has 0 radical (unpaired) electrons. The monoisotopic (exact) mass is 542 g/mol. The summed E-state index contributed by atoms with van der Waals surface area (Å²) < 4.78 is 22.5. The van der Waals surface area contributed by atoms with Gasteiger partial charge in [0, 0.05) is 49.4 Å². The van der Waals surface area contributed by atoms with E-state index in [4.69, 9.17) is 18.9 Å². The molecule has 40 heavy (non-hydrogen) atoms. The number of likely N-dealkylation sites (tertiary alicyclic amines) is 1. The Morgan fingerprint density at radius 2 is 1.85 bits per heavy atom. The van der Waals surface area contributed by atoms with Crippen LogP contribution in [0.4, 0.5) is 11.6 Å². The fraction of sp³-hybridized carbons (Fsp3) is 0.414. The molecular formula is C29H30N6O5. The van der Waals surface area contributed by atoms with Crippen LogP contribution in [0.1, 0.15) is 28.8 Å². The van der Waals surface area contributed by atoms with E-state index < -0.39 is 0 Å². The lowest BCUT2D eigenvalue weighted by Gasteiger charge is -2.23. The van der Waals surface area contributed by atoms with E-state index in [0.29, 0.717) is 85.6 Å². The second-order valence-electron chi connectivity index (χ2n) is 10.2. The van der Waals surface area contributed by atoms with Crippen molar-refractivity contribution in [2.45, 2.75) is 18.9 Å². The Labute approximate surface area is 232 Å². The summed E-state index contributed by atoms with van der Waals surface area (Å²) in [4.78, 5) is 28.3. The van der Waals surface area contributed by atoms with Crippen molar-refractivity contribution in [3.63, 3.8) is 0 Å². The molecule has 3 saturated heterocycles. The van der Waals surface area contributed by atoms with Crippen LogP contribution in [0.25, 0.3) is 11.3 Å². The van der Waals surface area contributed by atoms with E-state index in [1.165, 1.54) is 13.4 Å². The fourth-order valence-corrected chi connectivity index (χ4v) is 5.42. The normalized spacial score (nSPS) is 20.6. The molecule has 0 bridgehead atoms. The lowest BCUT2D eigenvalue weighted by molar-refractivity contribution is 0.0254. The van der Waals surface area contributed by atoms with Crippen molar-refractivity contribution < 1.29 is 23.7 Å². The smallest absolute Gasteiger partial charge is 0.259 e. The number of ether oxygens (including phenoxy) is 4. The summed E-state index contributed by atoms with van der Waals surface area (Å²) in [6, 6.07) is 12.9. The first kappa shape index (κ1) is 26.0. The number of carbonyl (C=O) groups is 1. The summed E-state index contributed by atoms with van der Waals surface area (Å²) in [5, 5.41) is 12.9. The number of fused-ring (bicyclic) bond motifs is 1. The molecule has 2 unspecified atom stereocenters. The molecule has 11 heteroatoms. The molecule has 1 amide bonds. The minimum absolute atomic E-state index is 0.0392. The molecule has 2 atom stereocenters. The number of methoxy groups -OCH3 is 1. The van der Waals surface area contributed by atoms with Crippen LogP contribution in [0, 0.1) is 23.2 Å². The number of benzene rings is 1. The Kier molecular flexibility index (Phi) is 7.44. The van der Waals surface area contributed by atoms with Crippen LogP contribution in [-0.4, -0.2) is 78.5 Å². The highest BCUT2D eigenvalue weighted by Gasteiger charge is 2.39. The molecule has 5 heterocycles. The number of nitrogens with zero attached hydrogens (tertiary/aromatic N) is 5. The van der Waals surface area contributed by atoms with Crippen molar-refractivity contribution in [3.8, 4) is 29.0 Å². The van der Waals surface area contributed by atoms with Gasteiger partial charge in [0.1, 0.15) is 41.4 Å². The van der Waals surface area contributed by atoms with Gasteiger partial charge in [-0.1, -0.05) is 0 Å². The van der Waals surface area contributed by atoms with Crippen LogP contribution < -0.4 is 14.8 Å². The number of pyridine rings is 1. The number of amides is 1. The summed E-state index contributed by atoms with van der Waals surface area (Å²) in [6.45, 7) is 4.12.